The molecule has 1 amide bonds. The molecule has 0 aliphatic heterocycles. The summed E-state index contributed by atoms with van der Waals surface area (Å²) in [5.74, 6) is -0.338. The van der Waals surface area contributed by atoms with Crippen molar-refractivity contribution in [3.05, 3.63) is 18.5 Å². The molecule has 1 aromatic rings. The van der Waals surface area contributed by atoms with Crippen LogP contribution >= 0.6 is 0 Å². The Balaban J connectivity index is 2.07. The summed E-state index contributed by atoms with van der Waals surface area (Å²) in [4.78, 5) is 10.3. The van der Waals surface area contributed by atoms with Gasteiger partial charge in [0.25, 0.3) is 0 Å². The summed E-state index contributed by atoms with van der Waals surface area (Å²) in [5.41, 5.74) is 4.93. The van der Waals surface area contributed by atoms with E-state index in [0.29, 0.717) is 6.54 Å². The van der Waals surface area contributed by atoms with Gasteiger partial charge < -0.3 is 11.1 Å². The molecule has 66 valence electrons. The molecule has 3 N–H and O–H groups in total. The number of aromatic nitrogens is 2. The summed E-state index contributed by atoms with van der Waals surface area (Å²) in [7, 11) is 0. The Morgan fingerprint density at radius 3 is 3.08 bits per heavy atom. The topological polar surface area (TPSA) is 72.9 Å². The van der Waals surface area contributed by atoms with Crippen LogP contribution in [0.5, 0.6) is 0 Å². The molecule has 0 aromatic carbocycles. The molecule has 12 heavy (non-hydrogen) atoms. The van der Waals surface area contributed by atoms with Gasteiger partial charge in [-0.1, -0.05) is 0 Å². The molecule has 1 rings (SSSR count). The van der Waals surface area contributed by atoms with Crippen LogP contribution in [0, 0.1) is 0 Å². The van der Waals surface area contributed by atoms with E-state index in [0.717, 1.165) is 6.54 Å². The Labute approximate surface area is 70.5 Å². The monoisotopic (exact) mass is 168 g/mol. The zero-order valence-corrected chi connectivity index (χ0v) is 6.73. The quantitative estimate of drug-likeness (QED) is 0.551. The van der Waals surface area contributed by atoms with Gasteiger partial charge in [-0.25, -0.2) is 0 Å². The lowest BCUT2D eigenvalue weighted by Gasteiger charge is -2.01. The summed E-state index contributed by atoms with van der Waals surface area (Å²) < 4.78 is 1.79. The fraction of sp³-hybridized carbons (Fsp3) is 0.429. The van der Waals surface area contributed by atoms with Gasteiger partial charge >= 0.3 is 0 Å². The van der Waals surface area contributed by atoms with E-state index < -0.39 is 0 Å². The summed E-state index contributed by atoms with van der Waals surface area (Å²) in [6, 6.07) is 1.86. The highest BCUT2D eigenvalue weighted by Crippen LogP contribution is 1.81. The van der Waals surface area contributed by atoms with Gasteiger partial charge in [-0.2, -0.15) is 5.10 Å². The summed E-state index contributed by atoms with van der Waals surface area (Å²) in [6.07, 6.45) is 3.58. The number of rotatable bonds is 5. The summed E-state index contributed by atoms with van der Waals surface area (Å²) in [5, 5.41) is 6.88. The van der Waals surface area contributed by atoms with Gasteiger partial charge in [-0.05, 0) is 6.07 Å². The minimum absolute atomic E-state index is 0.223. The van der Waals surface area contributed by atoms with Crippen LogP contribution in [-0.2, 0) is 11.3 Å². The third-order valence-electron chi connectivity index (χ3n) is 1.38. The predicted molar refractivity (Wildman–Crippen MR) is 44.3 cm³/mol. The minimum Gasteiger partial charge on any atom is -0.369 e. The Morgan fingerprint density at radius 2 is 2.50 bits per heavy atom. The molecule has 0 spiro atoms. The second kappa shape index (κ2) is 4.50. The van der Waals surface area contributed by atoms with Crippen molar-refractivity contribution in [2.24, 2.45) is 5.73 Å². The van der Waals surface area contributed by atoms with Crippen LogP contribution in [0.4, 0.5) is 0 Å². The van der Waals surface area contributed by atoms with Crippen molar-refractivity contribution in [1.82, 2.24) is 15.1 Å². The number of primary amides is 1. The van der Waals surface area contributed by atoms with E-state index in [9.17, 15) is 4.79 Å². The molecule has 0 aliphatic rings. The van der Waals surface area contributed by atoms with E-state index in [1.54, 1.807) is 10.9 Å². The predicted octanol–water partition coefficient (Wildman–Crippen LogP) is -1.04. The fourth-order valence-corrected chi connectivity index (χ4v) is 0.838. The first kappa shape index (κ1) is 8.73. The summed E-state index contributed by atoms with van der Waals surface area (Å²) >= 11 is 0. The second-order valence-electron chi connectivity index (χ2n) is 2.41. The lowest BCUT2D eigenvalue weighted by Crippen LogP contribution is -2.30. The Kier molecular flexibility index (Phi) is 3.28. The minimum atomic E-state index is -0.338. The van der Waals surface area contributed by atoms with E-state index in [1.165, 1.54) is 0 Å². The third kappa shape index (κ3) is 3.16. The van der Waals surface area contributed by atoms with Crippen molar-refractivity contribution < 1.29 is 4.79 Å². The fourth-order valence-electron chi connectivity index (χ4n) is 0.838. The lowest BCUT2D eigenvalue weighted by molar-refractivity contribution is -0.117. The third-order valence-corrected chi connectivity index (χ3v) is 1.38. The number of nitrogens with one attached hydrogen (secondary N) is 1. The summed E-state index contributed by atoms with van der Waals surface area (Å²) in [6.45, 7) is 1.67. The van der Waals surface area contributed by atoms with Gasteiger partial charge in [0.1, 0.15) is 0 Å². The maximum Gasteiger partial charge on any atom is 0.231 e. The molecule has 5 nitrogen and oxygen atoms in total. The molecule has 0 bridgehead atoms. The number of hydrogen-bond donors (Lipinski definition) is 2. The van der Waals surface area contributed by atoms with Crippen LogP contribution < -0.4 is 11.1 Å². The smallest absolute Gasteiger partial charge is 0.231 e. The first-order valence-corrected chi connectivity index (χ1v) is 3.75. The van der Waals surface area contributed by atoms with Gasteiger partial charge in [0.15, 0.2) is 0 Å². The van der Waals surface area contributed by atoms with Gasteiger partial charge in [0.2, 0.25) is 5.91 Å². The van der Waals surface area contributed by atoms with Crippen molar-refractivity contribution in [2.45, 2.75) is 6.54 Å². The van der Waals surface area contributed by atoms with Crippen LogP contribution in [0.3, 0.4) is 0 Å². The zero-order valence-electron chi connectivity index (χ0n) is 6.73. The number of carbonyl (C=O) groups is 1. The molecule has 1 heterocycles. The van der Waals surface area contributed by atoms with E-state index in [-0.39, 0.29) is 12.5 Å². The van der Waals surface area contributed by atoms with Crippen molar-refractivity contribution in [1.29, 1.82) is 0 Å². The van der Waals surface area contributed by atoms with Crippen molar-refractivity contribution in [2.75, 3.05) is 13.1 Å². The molecular weight excluding hydrogens is 156 g/mol. The molecule has 0 aliphatic carbocycles. The number of amides is 1. The normalized spacial score (nSPS) is 10.0. The lowest BCUT2D eigenvalue weighted by atomic mass is 10.5. The molecule has 0 atom stereocenters. The van der Waals surface area contributed by atoms with Gasteiger partial charge in [-0.15, -0.1) is 0 Å². The molecule has 0 saturated heterocycles. The number of nitrogens with zero attached hydrogens (tertiary/aromatic N) is 2. The second-order valence-corrected chi connectivity index (χ2v) is 2.41. The van der Waals surface area contributed by atoms with Crippen molar-refractivity contribution in [3.63, 3.8) is 0 Å². The highest BCUT2D eigenvalue weighted by Gasteiger charge is 1.92. The van der Waals surface area contributed by atoms with E-state index >= 15 is 0 Å². The first-order chi connectivity index (χ1) is 5.79. The maximum absolute atomic E-state index is 10.3. The molecule has 0 radical (unpaired) electrons. The molecule has 0 fully saturated rings. The number of hydrogen-bond acceptors (Lipinski definition) is 3. The van der Waals surface area contributed by atoms with Crippen LogP contribution in [0.25, 0.3) is 0 Å². The average molecular weight is 168 g/mol. The van der Waals surface area contributed by atoms with Crippen LogP contribution in [0.2, 0.25) is 0 Å². The van der Waals surface area contributed by atoms with Crippen molar-refractivity contribution in [3.8, 4) is 0 Å². The highest BCUT2D eigenvalue weighted by molar-refractivity contribution is 5.75. The highest BCUT2D eigenvalue weighted by atomic mass is 16.1. The largest absolute Gasteiger partial charge is 0.369 e. The van der Waals surface area contributed by atoms with Gasteiger partial charge in [0.05, 0.1) is 13.1 Å². The molecule has 0 saturated carbocycles. The molecule has 1 aromatic heterocycles. The standard InChI is InChI=1S/C7H12N4O/c8-7(12)6-9-3-5-11-4-1-2-10-11/h1-2,4,9H,3,5-6H2,(H2,8,12). The van der Waals surface area contributed by atoms with E-state index in [1.807, 2.05) is 12.3 Å². The van der Waals surface area contributed by atoms with Crippen LogP contribution in [-0.4, -0.2) is 28.8 Å². The average Bonchev–Trinajstić information content (AvgIpc) is 2.49. The van der Waals surface area contributed by atoms with Crippen molar-refractivity contribution >= 4 is 5.91 Å². The molecule has 5 heteroatoms. The first-order valence-electron chi connectivity index (χ1n) is 3.75. The van der Waals surface area contributed by atoms with Gasteiger partial charge in [-0.3, -0.25) is 9.48 Å². The SMILES string of the molecule is NC(=O)CNCCn1cccn1. The maximum atomic E-state index is 10.3. The number of nitrogens with two attached hydrogens (primary N) is 1. The van der Waals surface area contributed by atoms with Crippen LogP contribution in [0.15, 0.2) is 18.5 Å². The Hall–Kier alpha value is -1.36. The van der Waals surface area contributed by atoms with E-state index in [4.69, 9.17) is 5.73 Å². The molecular formula is C7H12N4O. The van der Waals surface area contributed by atoms with E-state index in [2.05, 4.69) is 10.4 Å². The van der Waals surface area contributed by atoms with Gasteiger partial charge in [0, 0.05) is 18.9 Å². The zero-order chi connectivity index (χ0) is 8.81. The molecule has 0 unspecified atom stereocenters. The number of carbonyl (C=O) groups excluding carboxylic acids is 1. The van der Waals surface area contributed by atoms with Crippen LogP contribution in [0.1, 0.15) is 0 Å². The Bertz CT molecular complexity index is 232. The Morgan fingerprint density at radius 1 is 1.67 bits per heavy atom.